The quantitative estimate of drug-likeness (QED) is 0.393. The first-order valence-corrected chi connectivity index (χ1v) is 9.54. The van der Waals surface area contributed by atoms with Crippen LogP contribution in [0.4, 0.5) is 0 Å². The van der Waals surface area contributed by atoms with Crippen molar-refractivity contribution in [2.24, 2.45) is 5.10 Å². The Morgan fingerprint density at radius 2 is 1.86 bits per heavy atom. The molecule has 0 bridgehead atoms. The molecule has 0 saturated heterocycles. The van der Waals surface area contributed by atoms with E-state index < -0.39 is 5.91 Å². The predicted molar refractivity (Wildman–Crippen MR) is 113 cm³/mol. The van der Waals surface area contributed by atoms with Crippen LogP contribution in [0.2, 0.25) is 10.0 Å². The molecule has 1 aromatic heterocycles. The van der Waals surface area contributed by atoms with Gasteiger partial charge in [-0.15, -0.1) is 0 Å². The van der Waals surface area contributed by atoms with E-state index in [0.717, 1.165) is 0 Å². The average molecular weight is 433 g/mol. The maximum absolute atomic E-state index is 11.9. The molecule has 2 aromatic carbocycles. The van der Waals surface area contributed by atoms with Crippen LogP contribution in [-0.4, -0.2) is 25.3 Å². The van der Waals surface area contributed by atoms with Crippen LogP contribution in [0.15, 0.2) is 64.1 Å². The Balaban J connectivity index is 1.54. The van der Waals surface area contributed by atoms with E-state index in [1.807, 2.05) is 13.0 Å². The van der Waals surface area contributed by atoms with E-state index in [4.69, 9.17) is 37.1 Å². The minimum absolute atomic E-state index is 0.203. The molecule has 1 heterocycles. The number of benzene rings is 2. The summed E-state index contributed by atoms with van der Waals surface area (Å²) < 4.78 is 16.6. The number of rotatable bonds is 8. The average Bonchev–Trinajstić information content (AvgIpc) is 3.16. The molecule has 0 radical (unpaired) electrons. The van der Waals surface area contributed by atoms with Gasteiger partial charge in [0.15, 0.2) is 18.1 Å². The first-order valence-electron chi connectivity index (χ1n) is 8.78. The van der Waals surface area contributed by atoms with Gasteiger partial charge in [-0.25, -0.2) is 5.43 Å². The fourth-order valence-electron chi connectivity index (χ4n) is 2.44. The summed E-state index contributed by atoms with van der Waals surface area (Å²) in [6, 6.07) is 15.7. The summed E-state index contributed by atoms with van der Waals surface area (Å²) in [5, 5.41) is 4.89. The Hall–Kier alpha value is -2.96. The molecule has 0 fully saturated rings. The summed E-state index contributed by atoms with van der Waals surface area (Å²) >= 11 is 12.1. The number of amides is 1. The van der Waals surface area contributed by atoms with Gasteiger partial charge < -0.3 is 13.9 Å². The van der Waals surface area contributed by atoms with Crippen LogP contribution in [0.1, 0.15) is 12.7 Å². The monoisotopic (exact) mass is 432 g/mol. The predicted octanol–water partition coefficient (Wildman–Crippen LogP) is 5.18. The van der Waals surface area contributed by atoms with Crippen molar-refractivity contribution < 1.29 is 18.7 Å². The Morgan fingerprint density at radius 3 is 2.59 bits per heavy atom. The SMILES string of the molecule is CCOc1ccccc1OCC(=O)N/N=C/c1ccc(-c2ccc(Cl)cc2Cl)o1. The second kappa shape index (κ2) is 10.0. The molecule has 0 aliphatic carbocycles. The zero-order chi connectivity index (χ0) is 20.6. The first kappa shape index (κ1) is 20.8. The van der Waals surface area contributed by atoms with Gasteiger partial charge >= 0.3 is 0 Å². The van der Waals surface area contributed by atoms with E-state index in [1.165, 1.54) is 6.21 Å². The highest BCUT2D eigenvalue weighted by molar-refractivity contribution is 6.36. The van der Waals surface area contributed by atoms with E-state index in [-0.39, 0.29) is 6.61 Å². The lowest BCUT2D eigenvalue weighted by molar-refractivity contribution is -0.123. The van der Waals surface area contributed by atoms with Crippen LogP contribution in [-0.2, 0) is 4.79 Å². The van der Waals surface area contributed by atoms with E-state index in [0.29, 0.717) is 45.2 Å². The Kier molecular flexibility index (Phi) is 7.16. The molecular formula is C21H18Cl2N2O4. The Labute approximate surface area is 178 Å². The number of nitrogens with zero attached hydrogens (tertiary/aromatic N) is 1. The van der Waals surface area contributed by atoms with Crippen molar-refractivity contribution in [2.45, 2.75) is 6.92 Å². The van der Waals surface area contributed by atoms with E-state index in [1.54, 1.807) is 48.5 Å². The first-order chi connectivity index (χ1) is 14.1. The molecule has 1 N–H and O–H groups in total. The fraction of sp³-hybridized carbons (Fsp3) is 0.143. The summed E-state index contributed by atoms with van der Waals surface area (Å²) in [7, 11) is 0. The van der Waals surface area contributed by atoms with E-state index >= 15 is 0 Å². The molecule has 0 aliphatic rings. The molecule has 150 valence electrons. The maximum atomic E-state index is 11.9. The lowest BCUT2D eigenvalue weighted by Gasteiger charge is -2.10. The van der Waals surface area contributed by atoms with Crippen LogP contribution in [0.25, 0.3) is 11.3 Å². The molecule has 29 heavy (non-hydrogen) atoms. The number of furan rings is 1. The third-order valence-corrected chi connectivity index (χ3v) is 4.26. The van der Waals surface area contributed by atoms with Gasteiger partial charge in [0, 0.05) is 10.6 Å². The van der Waals surface area contributed by atoms with Gasteiger partial charge in [-0.1, -0.05) is 35.3 Å². The van der Waals surface area contributed by atoms with Crippen molar-refractivity contribution in [3.8, 4) is 22.8 Å². The third-order valence-electron chi connectivity index (χ3n) is 3.71. The summed E-state index contributed by atoms with van der Waals surface area (Å²) in [4.78, 5) is 11.9. The number of halogens is 2. The van der Waals surface area contributed by atoms with Gasteiger partial charge in [0.1, 0.15) is 11.5 Å². The zero-order valence-electron chi connectivity index (χ0n) is 15.5. The van der Waals surface area contributed by atoms with Gasteiger partial charge in [0.25, 0.3) is 5.91 Å². The van der Waals surface area contributed by atoms with Crippen LogP contribution >= 0.6 is 23.2 Å². The van der Waals surface area contributed by atoms with Crippen LogP contribution in [0, 0.1) is 0 Å². The number of carbonyl (C=O) groups is 1. The van der Waals surface area contributed by atoms with Crippen molar-refractivity contribution >= 4 is 35.3 Å². The second-order valence-electron chi connectivity index (χ2n) is 5.79. The molecule has 0 atom stereocenters. The van der Waals surface area contributed by atoms with Gasteiger partial charge in [0.2, 0.25) is 0 Å². The Bertz CT molecular complexity index is 1020. The van der Waals surface area contributed by atoms with Gasteiger partial charge in [-0.05, 0) is 49.4 Å². The van der Waals surface area contributed by atoms with Crippen LogP contribution < -0.4 is 14.9 Å². The van der Waals surface area contributed by atoms with Crippen LogP contribution in [0.5, 0.6) is 11.5 Å². The van der Waals surface area contributed by atoms with Gasteiger partial charge in [-0.3, -0.25) is 4.79 Å². The molecule has 0 unspecified atom stereocenters. The Morgan fingerprint density at radius 1 is 1.10 bits per heavy atom. The number of hydrogen-bond donors (Lipinski definition) is 1. The summed E-state index contributed by atoms with van der Waals surface area (Å²) in [6.45, 7) is 2.17. The molecular weight excluding hydrogens is 415 g/mol. The standard InChI is InChI=1S/C21H18Cl2N2O4/c1-2-27-19-5-3-4-6-20(19)28-13-21(26)25-24-12-15-8-10-18(29-15)16-9-7-14(22)11-17(16)23/h3-12H,2,13H2,1H3,(H,25,26)/b24-12+. The maximum Gasteiger partial charge on any atom is 0.277 e. The van der Waals surface area contributed by atoms with Crippen molar-refractivity contribution in [1.29, 1.82) is 0 Å². The highest BCUT2D eigenvalue weighted by Gasteiger charge is 2.09. The molecule has 6 nitrogen and oxygen atoms in total. The van der Waals surface area contributed by atoms with Crippen molar-refractivity contribution in [3.63, 3.8) is 0 Å². The number of para-hydroxylation sites is 2. The number of ether oxygens (including phenoxy) is 2. The summed E-state index contributed by atoms with van der Waals surface area (Å²) in [6.07, 6.45) is 1.39. The number of hydrogen-bond acceptors (Lipinski definition) is 5. The third kappa shape index (κ3) is 5.76. The highest BCUT2D eigenvalue weighted by Crippen LogP contribution is 2.31. The molecule has 0 spiro atoms. The lowest BCUT2D eigenvalue weighted by Crippen LogP contribution is -2.24. The number of nitrogens with one attached hydrogen (secondary N) is 1. The van der Waals surface area contributed by atoms with Crippen LogP contribution in [0.3, 0.4) is 0 Å². The highest BCUT2D eigenvalue weighted by atomic mass is 35.5. The minimum Gasteiger partial charge on any atom is -0.490 e. The zero-order valence-corrected chi connectivity index (χ0v) is 17.0. The lowest BCUT2D eigenvalue weighted by atomic mass is 10.2. The van der Waals surface area contributed by atoms with Crippen molar-refractivity contribution in [1.82, 2.24) is 5.43 Å². The minimum atomic E-state index is -0.417. The normalized spacial score (nSPS) is 10.9. The topological polar surface area (TPSA) is 73.1 Å². The molecule has 0 saturated carbocycles. The van der Waals surface area contributed by atoms with Gasteiger partial charge in [-0.2, -0.15) is 5.10 Å². The molecule has 3 aromatic rings. The number of hydrazone groups is 1. The van der Waals surface area contributed by atoms with Crippen molar-refractivity contribution in [3.05, 3.63) is 70.4 Å². The summed E-state index contributed by atoms with van der Waals surface area (Å²) in [5.74, 6) is 1.67. The molecule has 3 rings (SSSR count). The molecule has 1 amide bonds. The molecule has 8 heteroatoms. The largest absolute Gasteiger partial charge is 0.490 e. The smallest absolute Gasteiger partial charge is 0.277 e. The van der Waals surface area contributed by atoms with E-state index in [9.17, 15) is 4.79 Å². The van der Waals surface area contributed by atoms with Crippen molar-refractivity contribution in [2.75, 3.05) is 13.2 Å². The van der Waals surface area contributed by atoms with Gasteiger partial charge in [0.05, 0.1) is 17.8 Å². The fourth-order valence-corrected chi connectivity index (χ4v) is 2.95. The van der Waals surface area contributed by atoms with E-state index in [2.05, 4.69) is 10.5 Å². The molecule has 0 aliphatic heterocycles. The second-order valence-corrected chi connectivity index (χ2v) is 6.63. The number of carbonyl (C=O) groups excluding carboxylic acids is 1. The summed E-state index contributed by atoms with van der Waals surface area (Å²) in [5.41, 5.74) is 3.09.